The van der Waals surface area contributed by atoms with Gasteiger partial charge in [0, 0.05) is 13.0 Å². The number of anilines is 1. The molecular weight excluding hydrogens is 363 g/mol. The van der Waals surface area contributed by atoms with Crippen molar-refractivity contribution in [3.8, 4) is 0 Å². The summed E-state index contributed by atoms with van der Waals surface area (Å²) in [7, 11) is 0. The van der Waals surface area contributed by atoms with Gasteiger partial charge in [0.15, 0.2) is 6.61 Å². The van der Waals surface area contributed by atoms with E-state index >= 15 is 0 Å². The molecule has 0 radical (unpaired) electrons. The van der Waals surface area contributed by atoms with Crippen molar-refractivity contribution >= 4 is 23.5 Å². The highest BCUT2D eigenvalue weighted by Crippen LogP contribution is 2.27. The van der Waals surface area contributed by atoms with Gasteiger partial charge in [0.1, 0.15) is 5.82 Å². The van der Waals surface area contributed by atoms with E-state index in [1.165, 1.54) is 23.1 Å². The highest BCUT2D eigenvalue weighted by Gasteiger charge is 2.37. The molecule has 0 saturated carbocycles. The van der Waals surface area contributed by atoms with Crippen LogP contribution in [0.25, 0.3) is 0 Å². The lowest BCUT2D eigenvalue weighted by Gasteiger charge is -2.17. The van der Waals surface area contributed by atoms with Crippen LogP contribution in [0.3, 0.4) is 0 Å². The van der Waals surface area contributed by atoms with Gasteiger partial charge in [0.2, 0.25) is 5.91 Å². The Morgan fingerprint density at radius 2 is 1.86 bits per heavy atom. The Kier molecular flexibility index (Phi) is 6.03. The van der Waals surface area contributed by atoms with E-state index in [4.69, 9.17) is 4.74 Å². The summed E-state index contributed by atoms with van der Waals surface area (Å²) < 4.78 is 19.0. The van der Waals surface area contributed by atoms with Crippen LogP contribution in [0.15, 0.2) is 54.6 Å². The van der Waals surface area contributed by atoms with Crippen LogP contribution in [0.4, 0.5) is 10.1 Å². The number of benzene rings is 2. The predicted molar refractivity (Wildman–Crippen MR) is 101 cm³/mol. The van der Waals surface area contributed by atoms with Gasteiger partial charge in [-0.2, -0.15) is 0 Å². The fourth-order valence-corrected chi connectivity index (χ4v) is 3.13. The van der Waals surface area contributed by atoms with E-state index in [1.54, 1.807) is 6.07 Å². The van der Waals surface area contributed by atoms with Crippen molar-refractivity contribution < 1.29 is 23.5 Å². The first-order chi connectivity index (χ1) is 13.5. The number of amides is 2. The molecule has 1 aliphatic heterocycles. The number of nitrogens with zero attached hydrogens (tertiary/aromatic N) is 1. The number of hydrogen-bond donors (Lipinski definition) is 1. The zero-order valence-electron chi connectivity index (χ0n) is 15.4. The van der Waals surface area contributed by atoms with Gasteiger partial charge in [-0.25, -0.2) is 4.39 Å². The molecule has 28 heavy (non-hydrogen) atoms. The number of nitrogens with one attached hydrogen (secondary N) is 1. The van der Waals surface area contributed by atoms with Crippen molar-refractivity contribution in [1.29, 1.82) is 0 Å². The zero-order valence-corrected chi connectivity index (χ0v) is 15.4. The molecule has 0 unspecified atom stereocenters. The Morgan fingerprint density at radius 3 is 2.57 bits per heavy atom. The fourth-order valence-electron chi connectivity index (χ4n) is 3.13. The summed E-state index contributed by atoms with van der Waals surface area (Å²) in [6.07, 6.45) is -0.0742. The molecule has 2 amide bonds. The lowest BCUT2D eigenvalue weighted by atomic mass is 10.1. The minimum Gasteiger partial charge on any atom is -0.455 e. The number of esters is 1. The predicted octanol–water partition coefficient (Wildman–Crippen LogP) is 2.60. The van der Waals surface area contributed by atoms with Crippen molar-refractivity contribution in [2.24, 2.45) is 5.92 Å². The first kappa shape index (κ1) is 19.5. The molecule has 0 aliphatic carbocycles. The van der Waals surface area contributed by atoms with Gasteiger partial charge in [0.05, 0.1) is 17.6 Å². The highest BCUT2D eigenvalue weighted by molar-refractivity contribution is 5.99. The lowest BCUT2D eigenvalue weighted by Crippen LogP contribution is -2.33. The van der Waals surface area contributed by atoms with Crippen LogP contribution < -0.4 is 10.2 Å². The average Bonchev–Trinajstić information content (AvgIpc) is 3.08. The normalized spacial score (nSPS) is 17.3. The third kappa shape index (κ3) is 4.54. The molecule has 1 aliphatic rings. The average molecular weight is 384 g/mol. The summed E-state index contributed by atoms with van der Waals surface area (Å²) >= 11 is 0. The second kappa shape index (κ2) is 8.65. The van der Waals surface area contributed by atoms with Gasteiger partial charge in [-0.05, 0) is 24.6 Å². The minimum atomic E-state index is -0.730. The Labute approximate surface area is 162 Å². The number of hydrogen-bond acceptors (Lipinski definition) is 4. The third-order valence-corrected chi connectivity index (χ3v) is 4.62. The number of halogens is 1. The van der Waals surface area contributed by atoms with Crippen LogP contribution in [0, 0.1) is 11.7 Å². The van der Waals surface area contributed by atoms with Crippen LogP contribution in [-0.2, 0) is 19.1 Å². The summed E-state index contributed by atoms with van der Waals surface area (Å²) in [6, 6.07) is 15.1. The summed E-state index contributed by atoms with van der Waals surface area (Å²) in [5, 5.41) is 2.75. The van der Waals surface area contributed by atoms with Crippen LogP contribution >= 0.6 is 0 Å². The topological polar surface area (TPSA) is 75.7 Å². The molecule has 0 aromatic heterocycles. The number of rotatable bonds is 6. The SMILES string of the molecule is C[C@H](NC(=O)COC(=O)[C@@H]1CC(=O)N(c2ccccc2F)C1)c1ccccc1. The van der Waals surface area contributed by atoms with Gasteiger partial charge in [-0.3, -0.25) is 14.4 Å². The summed E-state index contributed by atoms with van der Waals surface area (Å²) in [4.78, 5) is 37.7. The minimum absolute atomic E-state index is 0.0284. The maximum atomic E-state index is 13.9. The van der Waals surface area contributed by atoms with Gasteiger partial charge >= 0.3 is 5.97 Å². The smallest absolute Gasteiger partial charge is 0.311 e. The molecule has 146 valence electrons. The maximum absolute atomic E-state index is 13.9. The molecule has 2 aromatic rings. The Bertz CT molecular complexity index is 872. The summed E-state index contributed by atoms with van der Waals surface area (Å²) in [6.45, 7) is 1.43. The molecule has 1 N–H and O–H groups in total. The van der Waals surface area contributed by atoms with E-state index in [0.717, 1.165) is 5.56 Å². The number of ether oxygens (including phenoxy) is 1. The lowest BCUT2D eigenvalue weighted by molar-refractivity contribution is -0.152. The largest absolute Gasteiger partial charge is 0.455 e. The standard InChI is InChI=1S/C21H21FN2O4/c1-14(15-7-3-2-4-8-15)23-19(25)13-28-21(27)16-11-20(26)24(12-16)18-10-6-5-9-17(18)22/h2-10,14,16H,11-13H2,1H3,(H,23,25)/t14-,16+/m0/s1. The molecule has 0 spiro atoms. The van der Waals surface area contributed by atoms with Crippen LogP contribution in [0.1, 0.15) is 24.9 Å². The van der Waals surface area contributed by atoms with Crippen molar-refractivity contribution in [3.63, 3.8) is 0 Å². The quantitative estimate of drug-likeness (QED) is 0.777. The second-order valence-corrected chi connectivity index (χ2v) is 6.66. The molecule has 1 saturated heterocycles. The van der Waals surface area contributed by atoms with E-state index in [0.29, 0.717) is 0 Å². The van der Waals surface area contributed by atoms with E-state index < -0.39 is 30.2 Å². The highest BCUT2D eigenvalue weighted by atomic mass is 19.1. The van der Waals surface area contributed by atoms with E-state index in [9.17, 15) is 18.8 Å². The van der Waals surface area contributed by atoms with Crippen molar-refractivity contribution in [2.45, 2.75) is 19.4 Å². The molecule has 1 heterocycles. The molecule has 2 atom stereocenters. The van der Waals surface area contributed by atoms with E-state index in [-0.39, 0.29) is 30.6 Å². The molecule has 6 nitrogen and oxygen atoms in total. The Hall–Kier alpha value is -3.22. The maximum Gasteiger partial charge on any atom is 0.311 e. The van der Waals surface area contributed by atoms with Crippen LogP contribution in [0.2, 0.25) is 0 Å². The van der Waals surface area contributed by atoms with E-state index in [2.05, 4.69) is 5.32 Å². The molecular formula is C21H21FN2O4. The first-order valence-corrected chi connectivity index (χ1v) is 9.01. The van der Waals surface area contributed by atoms with Gasteiger partial charge < -0.3 is 15.0 Å². The van der Waals surface area contributed by atoms with Gasteiger partial charge in [0.25, 0.3) is 5.91 Å². The van der Waals surface area contributed by atoms with Crippen LogP contribution in [-0.4, -0.2) is 30.9 Å². The van der Waals surface area contributed by atoms with Crippen molar-refractivity contribution in [2.75, 3.05) is 18.1 Å². The first-order valence-electron chi connectivity index (χ1n) is 9.01. The molecule has 0 bridgehead atoms. The summed E-state index contributed by atoms with van der Waals surface area (Å²) in [5.74, 6) is -2.69. The van der Waals surface area contributed by atoms with E-state index in [1.807, 2.05) is 37.3 Å². The molecule has 3 rings (SSSR count). The Balaban J connectivity index is 1.51. The fraction of sp³-hybridized carbons (Fsp3) is 0.286. The molecule has 1 fully saturated rings. The number of para-hydroxylation sites is 1. The second-order valence-electron chi connectivity index (χ2n) is 6.66. The van der Waals surface area contributed by atoms with Crippen molar-refractivity contribution in [3.05, 3.63) is 66.0 Å². The molecule has 7 heteroatoms. The monoisotopic (exact) mass is 384 g/mol. The van der Waals surface area contributed by atoms with Crippen LogP contribution in [0.5, 0.6) is 0 Å². The summed E-state index contributed by atoms with van der Waals surface area (Å²) in [5.41, 5.74) is 1.07. The Morgan fingerprint density at radius 1 is 1.18 bits per heavy atom. The van der Waals surface area contributed by atoms with Gasteiger partial charge in [-0.1, -0.05) is 42.5 Å². The number of carbonyl (C=O) groups is 3. The molecule has 2 aromatic carbocycles. The zero-order chi connectivity index (χ0) is 20.1. The number of carbonyl (C=O) groups excluding carboxylic acids is 3. The van der Waals surface area contributed by atoms with Crippen molar-refractivity contribution in [1.82, 2.24) is 5.32 Å². The van der Waals surface area contributed by atoms with Gasteiger partial charge in [-0.15, -0.1) is 0 Å². The third-order valence-electron chi connectivity index (χ3n) is 4.62.